The van der Waals surface area contributed by atoms with Crippen molar-refractivity contribution in [3.63, 3.8) is 0 Å². The highest BCUT2D eigenvalue weighted by Gasteiger charge is 2.06. The van der Waals surface area contributed by atoms with Crippen LogP contribution >= 0.6 is 23.2 Å². The highest BCUT2D eigenvalue weighted by molar-refractivity contribution is 6.36. The molecule has 0 spiro atoms. The van der Waals surface area contributed by atoms with E-state index in [4.69, 9.17) is 28.5 Å². The SMILES string of the molecule is N#Cc1ccc(NCC(=O)Nc2ccc(Cl)cc2Cl)cc1. The number of hydrogen-bond acceptors (Lipinski definition) is 3. The zero-order valence-corrected chi connectivity index (χ0v) is 12.4. The molecule has 0 bridgehead atoms. The third-order valence-corrected chi connectivity index (χ3v) is 3.22. The smallest absolute Gasteiger partial charge is 0.243 e. The number of hydrogen-bond donors (Lipinski definition) is 2. The minimum Gasteiger partial charge on any atom is -0.376 e. The Morgan fingerprint density at radius 1 is 1.14 bits per heavy atom. The molecule has 2 rings (SSSR count). The summed E-state index contributed by atoms with van der Waals surface area (Å²) >= 11 is 11.8. The van der Waals surface area contributed by atoms with Crippen LogP contribution in [0, 0.1) is 11.3 Å². The van der Waals surface area contributed by atoms with Gasteiger partial charge in [-0.3, -0.25) is 4.79 Å². The normalized spacial score (nSPS) is 9.76. The van der Waals surface area contributed by atoms with Gasteiger partial charge in [0.05, 0.1) is 28.9 Å². The largest absolute Gasteiger partial charge is 0.376 e. The number of carbonyl (C=O) groups excluding carboxylic acids is 1. The second-order valence-corrected chi connectivity index (χ2v) is 5.06. The van der Waals surface area contributed by atoms with E-state index in [1.165, 1.54) is 0 Å². The van der Waals surface area contributed by atoms with Crippen molar-refractivity contribution < 1.29 is 4.79 Å². The summed E-state index contributed by atoms with van der Waals surface area (Å²) in [5.41, 5.74) is 1.83. The van der Waals surface area contributed by atoms with Gasteiger partial charge in [0.15, 0.2) is 0 Å². The lowest BCUT2D eigenvalue weighted by molar-refractivity contribution is -0.114. The first-order chi connectivity index (χ1) is 10.1. The van der Waals surface area contributed by atoms with E-state index < -0.39 is 0 Å². The first-order valence-electron chi connectivity index (χ1n) is 6.07. The summed E-state index contributed by atoms with van der Waals surface area (Å²) in [4.78, 5) is 11.8. The second kappa shape index (κ2) is 6.98. The minimum absolute atomic E-state index is 0.0882. The van der Waals surface area contributed by atoms with Crippen molar-refractivity contribution in [3.8, 4) is 6.07 Å². The molecule has 2 N–H and O–H groups in total. The monoisotopic (exact) mass is 319 g/mol. The van der Waals surface area contributed by atoms with Crippen molar-refractivity contribution in [2.45, 2.75) is 0 Å². The van der Waals surface area contributed by atoms with Gasteiger partial charge in [-0.25, -0.2) is 0 Å². The molecule has 2 aromatic rings. The maximum absolute atomic E-state index is 11.8. The molecular formula is C15H11Cl2N3O. The lowest BCUT2D eigenvalue weighted by Crippen LogP contribution is -2.21. The van der Waals surface area contributed by atoms with Crippen molar-refractivity contribution in [1.29, 1.82) is 5.26 Å². The molecule has 4 nitrogen and oxygen atoms in total. The maximum Gasteiger partial charge on any atom is 0.243 e. The van der Waals surface area contributed by atoms with Crippen LogP contribution in [0.15, 0.2) is 42.5 Å². The van der Waals surface area contributed by atoms with Gasteiger partial charge in [-0.15, -0.1) is 0 Å². The molecule has 21 heavy (non-hydrogen) atoms. The summed E-state index contributed by atoms with van der Waals surface area (Å²) in [5.74, 6) is -0.233. The number of halogens is 2. The van der Waals surface area contributed by atoms with E-state index >= 15 is 0 Å². The van der Waals surface area contributed by atoms with Crippen molar-refractivity contribution >= 4 is 40.5 Å². The number of anilines is 2. The van der Waals surface area contributed by atoms with Crippen LogP contribution in [0.4, 0.5) is 11.4 Å². The van der Waals surface area contributed by atoms with Gasteiger partial charge in [0.25, 0.3) is 0 Å². The van der Waals surface area contributed by atoms with Crippen LogP contribution < -0.4 is 10.6 Å². The number of nitrogens with one attached hydrogen (secondary N) is 2. The van der Waals surface area contributed by atoms with Gasteiger partial charge in [0, 0.05) is 10.7 Å². The van der Waals surface area contributed by atoms with E-state index in [2.05, 4.69) is 10.6 Å². The summed E-state index contributed by atoms with van der Waals surface area (Å²) in [6.45, 7) is 0.0882. The topological polar surface area (TPSA) is 64.9 Å². The van der Waals surface area contributed by atoms with Crippen LogP contribution in [0.5, 0.6) is 0 Å². The molecule has 0 aliphatic carbocycles. The highest BCUT2D eigenvalue weighted by atomic mass is 35.5. The van der Waals surface area contributed by atoms with E-state index in [9.17, 15) is 4.79 Å². The van der Waals surface area contributed by atoms with Crippen molar-refractivity contribution in [2.24, 2.45) is 0 Å². The van der Waals surface area contributed by atoms with Gasteiger partial charge in [0.1, 0.15) is 0 Å². The predicted octanol–water partition coefficient (Wildman–Crippen LogP) is 3.92. The third-order valence-electron chi connectivity index (χ3n) is 2.67. The molecular weight excluding hydrogens is 309 g/mol. The maximum atomic E-state index is 11.8. The van der Waals surface area contributed by atoms with Crippen LogP contribution in [0.3, 0.4) is 0 Å². The standard InChI is InChI=1S/C15H11Cl2N3O/c16-11-3-6-14(13(17)7-11)20-15(21)9-19-12-4-1-10(8-18)2-5-12/h1-7,19H,9H2,(H,20,21). The molecule has 0 radical (unpaired) electrons. The van der Waals surface area contributed by atoms with E-state index in [0.29, 0.717) is 21.3 Å². The zero-order chi connectivity index (χ0) is 15.2. The zero-order valence-electron chi connectivity index (χ0n) is 10.9. The van der Waals surface area contributed by atoms with Gasteiger partial charge < -0.3 is 10.6 Å². The lowest BCUT2D eigenvalue weighted by Gasteiger charge is -2.09. The van der Waals surface area contributed by atoms with Gasteiger partial charge in [-0.05, 0) is 42.5 Å². The molecule has 0 atom stereocenters. The summed E-state index contributed by atoms with van der Waals surface area (Å²) in [7, 11) is 0. The number of nitriles is 1. The molecule has 0 saturated carbocycles. The van der Waals surface area contributed by atoms with Crippen molar-refractivity contribution in [1.82, 2.24) is 0 Å². The first kappa shape index (κ1) is 15.2. The summed E-state index contributed by atoms with van der Waals surface area (Å²) in [5, 5.41) is 15.2. The Balaban J connectivity index is 1.91. The van der Waals surface area contributed by atoms with Gasteiger partial charge >= 0.3 is 0 Å². The molecule has 2 aromatic carbocycles. The molecule has 0 heterocycles. The van der Waals surface area contributed by atoms with Crippen LogP contribution in [0.25, 0.3) is 0 Å². The number of benzene rings is 2. The first-order valence-corrected chi connectivity index (χ1v) is 6.83. The number of amides is 1. The third kappa shape index (κ3) is 4.38. The summed E-state index contributed by atoms with van der Waals surface area (Å²) in [6, 6.07) is 13.7. The number of rotatable bonds is 4. The molecule has 6 heteroatoms. The Morgan fingerprint density at radius 3 is 2.48 bits per heavy atom. The molecule has 1 amide bonds. The average Bonchev–Trinajstić information content (AvgIpc) is 2.48. The Bertz CT molecular complexity index is 693. The average molecular weight is 320 g/mol. The molecule has 0 aliphatic heterocycles. The predicted molar refractivity (Wildman–Crippen MR) is 84.7 cm³/mol. The number of carbonyl (C=O) groups is 1. The Morgan fingerprint density at radius 2 is 1.86 bits per heavy atom. The van der Waals surface area contributed by atoms with E-state index in [0.717, 1.165) is 5.69 Å². The van der Waals surface area contributed by atoms with Gasteiger partial charge in [-0.2, -0.15) is 5.26 Å². The highest BCUT2D eigenvalue weighted by Crippen LogP contribution is 2.25. The minimum atomic E-state index is -0.233. The molecule has 0 aliphatic rings. The van der Waals surface area contributed by atoms with Crippen LogP contribution in [0.2, 0.25) is 10.0 Å². The Labute approximate surface area is 132 Å². The molecule has 0 aromatic heterocycles. The fourth-order valence-corrected chi connectivity index (χ4v) is 2.09. The van der Waals surface area contributed by atoms with E-state index in [1.54, 1.807) is 42.5 Å². The fraction of sp³-hybridized carbons (Fsp3) is 0.0667. The van der Waals surface area contributed by atoms with Crippen LogP contribution in [-0.2, 0) is 4.79 Å². The van der Waals surface area contributed by atoms with Crippen LogP contribution in [0.1, 0.15) is 5.56 Å². The summed E-state index contributed by atoms with van der Waals surface area (Å²) < 4.78 is 0. The Hall–Kier alpha value is -2.22. The molecule has 0 fully saturated rings. The lowest BCUT2D eigenvalue weighted by atomic mass is 10.2. The molecule has 106 valence electrons. The van der Waals surface area contributed by atoms with Crippen molar-refractivity contribution in [2.75, 3.05) is 17.2 Å². The molecule has 0 saturated heterocycles. The quantitative estimate of drug-likeness (QED) is 0.897. The van der Waals surface area contributed by atoms with Crippen LogP contribution in [-0.4, -0.2) is 12.5 Å². The van der Waals surface area contributed by atoms with E-state index in [-0.39, 0.29) is 12.5 Å². The number of nitrogens with zero attached hydrogens (tertiary/aromatic N) is 1. The van der Waals surface area contributed by atoms with E-state index in [1.807, 2.05) is 6.07 Å². The Kier molecular flexibility index (Phi) is 5.04. The summed E-state index contributed by atoms with van der Waals surface area (Å²) in [6.07, 6.45) is 0. The van der Waals surface area contributed by atoms with Gasteiger partial charge in [0.2, 0.25) is 5.91 Å². The van der Waals surface area contributed by atoms with Gasteiger partial charge in [-0.1, -0.05) is 23.2 Å². The molecule has 0 unspecified atom stereocenters. The second-order valence-electron chi connectivity index (χ2n) is 4.22. The fourth-order valence-electron chi connectivity index (χ4n) is 1.63. The van der Waals surface area contributed by atoms with Crippen molar-refractivity contribution in [3.05, 3.63) is 58.1 Å².